The summed E-state index contributed by atoms with van der Waals surface area (Å²) in [5.74, 6) is -1.08. The third kappa shape index (κ3) is 4.54. The lowest BCUT2D eigenvalue weighted by Crippen LogP contribution is -2.18. The second-order valence-electron chi connectivity index (χ2n) is 6.70. The van der Waals surface area contributed by atoms with Crippen molar-refractivity contribution in [3.63, 3.8) is 0 Å². The standard InChI is InChI=1S/C23H17BrN4O3/c24-16-12-10-15(11-13-16)22(30)27-26-21-18-8-4-5-9-19(18)28(23(21)31)14-20(29)25-17-6-2-1-3-7-17/h1-13,31H,14H2,(H,25,29). The molecule has 4 rings (SSSR count). The van der Waals surface area contributed by atoms with Gasteiger partial charge in [-0.3, -0.25) is 9.59 Å². The average molecular weight is 477 g/mol. The van der Waals surface area contributed by atoms with Gasteiger partial charge in [-0.05, 0) is 42.5 Å². The molecule has 0 unspecified atom stereocenters. The Hall–Kier alpha value is -3.78. The molecule has 4 aromatic rings. The fourth-order valence-corrected chi connectivity index (χ4v) is 3.41. The Morgan fingerprint density at radius 2 is 1.61 bits per heavy atom. The smallest absolute Gasteiger partial charge is 0.295 e. The summed E-state index contributed by atoms with van der Waals surface area (Å²) in [7, 11) is 0. The zero-order chi connectivity index (χ0) is 21.8. The van der Waals surface area contributed by atoms with Crippen LogP contribution in [0.3, 0.4) is 0 Å². The quantitative estimate of drug-likeness (QED) is 0.363. The van der Waals surface area contributed by atoms with E-state index in [4.69, 9.17) is 0 Å². The van der Waals surface area contributed by atoms with Crippen molar-refractivity contribution in [3.8, 4) is 5.88 Å². The highest BCUT2D eigenvalue weighted by Crippen LogP contribution is 2.38. The fourth-order valence-electron chi connectivity index (χ4n) is 3.14. The Morgan fingerprint density at radius 3 is 2.35 bits per heavy atom. The lowest BCUT2D eigenvalue weighted by molar-refractivity contribution is -0.116. The molecule has 0 saturated heterocycles. The number of hydrogen-bond donors (Lipinski definition) is 2. The van der Waals surface area contributed by atoms with Crippen LogP contribution < -0.4 is 5.32 Å². The minimum absolute atomic E-state index is 0.128. The molecule has 0 fully saturated rings. The van der Waals surface area contributed by atoms with Crippen molar-refractivity contribution in [3.05, 3.63) is 88.9 Å². The van der Waals surface area contributed by atoms with Crippen molar-refractivity contribution in [1.29, 1.82) is 0 Å². The maximum atomic E-state index is 12.5. The van der Waals surface area contributed by atoms with E-state index in [1.165, 1.54) is 4.57 Å². The van der Waals surface area contributed by atoms with Gasteiger partial charge in [-0.25, -0.2) is 0 Å². The zero-order valence-electron chi connectivity index (χ0n) is 16.2. The predicted octanol–water partition coefficient (Wildman–Crippen LogP) is 5.67. The van der Waals surface area contributed by atoms with Gasteiger partial charge in [-0.1, -0.05) is 52.3 Å². The largest absolute Gasteiger partial charge is 0.493 e. The van der Waals surface area contributed by atoms with Crippen LogP contribution in [0.4, 0.5) is 11.4 Å². The molecular formula is C23H17BrN4O3. The van der Waals surface area contributed by atoms with E-state index in [2.05, 4.69) is 31.5 Å². The summed E-state index contributed by atoms with van der Waals surface area (Å²) >= 11 is 3.32. The first-order chi connectivity index (χ1) is 15.0. The van der Waals surface area contributed by atoms with Gasteiger partial charge in [0.25, 0.3) is 5.91 Å². The van der Waals surface area contributed by atoms with Crippen molar-refractivity contribution in [1.82, 2.24) is 4.57 Å². The zero-order valence-corrected chi connectivity index (χ0v) is 17.8. The van der Waals surface area contributed by atoms with Crippen molar-refractivity contribution in [2.24, 2.45) is 10.2 Å². The molecule has 0 aliphatic rings. The first-order valence-electron chi connectivity index (χ1n) is 9.39. The van der Waals surface area contributed by atoms with Crippen molar-refractivity contribution >= 4 is 50.0 Å². The minimum atomic E-state index is -0.537. The molecule has 0 aliphatic heterocycles. The fraction of sp³-hybridized carbons (Fsp3) is 0.0435. The molecule has 31 heavy (non-hydrogen) atoms. The molecule has 7 nitrogen and oxygen atoms in total. The number of azo groups is 1. The number of aromatic nitrogens is 1. The van der Waals surface area contributed by atoms with Crippen molar-refractivity contribution < 1.29 is 14.7 Å². The summed E-state index contributed by atoms with van der Waals surface area (Å²) in [6, 6.07) is 22.9. The number of amides is 2. The SMILES string of the molecule is O=C(Cn1c(O)c(N=NC(=O)c2ccc(Br)cc2)c2ccccc21)Nc1ccccc1. The molecule has 3 aromatic carbocycles. The number of anilines is 1. The number of para-hydroxylation sites is 2. The second kappa shape index (κ2) is 8.93. The van der Waals surface area contributed by atoms with Crippen LogP contribution >= 0.6 is 15.9 Å². The van der Waals surface area contributed by atoms with Gasteiger partial charge in [0.2, 0.25) is 11.8 Å². The topological polar surface area (TPSA) is 96.1 Å². The van der Waals surface area contributed by atoms with Gasteiger partial charge in [0.05, 0.1) is 5.52 Å². The number of nitrogens with one attached hydrogen (secondary N) is 1. The van der Waals surface area contributed by atoms with Gasteiger partial charge in [-0.15, -0.1) is 10.2 Å². The van der Waals surface area contributed by atoms with Crippen LogP contribution in [-0.4, -0.2) is 21.5 Å². The molecule has 1 aromatic heterocycles. The normalized spacial score (nSPS) is 11.1. The summed E-state index contributed by atoms with van der Waals surface area (Å²) in [6.07, 6.45) is 0. The number of aromatic hydroxyl groups is 1. The van der Waals surface area contributed by atoms with E-state index in [1.807, 2.05) is 18.2 Å². The van der Waals surface area contributed by atoms with E-state index >= 15 is 0 Å². The summed E-state index contributed by atoms with van der Waals surface area (Å²) in [4.78, 5) is 24.8. The van der Waals surface area contributed by atoms with E-state index in [0.29, 0.717) is 22.2 Å². The highest BCUT2D eigenvalue weighted by molar-refractivity contribution is 9.10. The lowest BCUT2D eigenvalue weighted by Gasteiger charge is -2.08. The highest BCUT2D eigenvalue weighted by Gasteiger charge is 2.19. The van der Waals surface area contributed by atoms with Gasteiger partial charge in [0.15, 0.2) is 5.69 Å². The molecule has 0 radical (unpaired) electrons. The highest BCUT2D eigenvalue weighted by atomic mass is 79.9. The Bertz CT molecular complexity index is 1280. The van der Waals surface area contributed by atoms with Crippen LogP contribution in [0.2, 0.25) is 0 Å². The molecule has 2 amide bonds. The van der Waals surface area contributed by atoms with Crippen molar-refractivity contribution in [2.45, 2.75) is 6.54 Å². The number of carbonyl (C=O) groups is 2. The van der Waals surface area contributed by atoms with Gasteiger partial charge in [-0.2, -0.15) is 0 Å². The van der Waals surface area contributed by atoms with Gasteiger partial charge < -0.3 is 15.0 Å². The molecule has 8 heteroatoms. The van der Waals surface area contributed by atoms with E-state index in [1.54, 1.807) is 60.7 Å². The van der Waals surface area contributed by atoms with Crippen LogP contribution in [0.15, 0.2) is 93.6 Å². The Morgan fingerprint density at radius 1 is 0.935 bits per heavy atom. The Kier molecular flexibility index (Phi) is 5.90. The van der Waals surface area contributed by atoms with Gasteiger partial charge in [0.1, 0.15) is 6.54 Å². The maximum absolute atomic E-state index is 12.5. The number of hydrogen-bond acceptors (Lipinski definition) is 4. The number of carbonyl (C=O) groups excluding carboxylic acids is 2. The predicted molar refractivity (Wildman–Crippen MR) is 122 cm³/mol. The van der Waals surface area contributed by atoms with Gasteiger partial charge >= 0.3 is 0 Å². The number of nitrogens with zero attached hydrogens (tertiary/aromatic N) is 3. The second-order valence-corrected chi connectivity index (χ2v) is 7.62. The molecule has 0 aliphatic carbocycles. The van der Waals surface area contributed by atoms with Crippen LogP contribution in [0.25, 0.3) is 10.9 Å². The van der Waals surface area contributed by atoms with Crippen LogP contribution in [0.5, 0.6) is 5.88 Å². The number of halogens is 1. The first-order valence-corrected chi connectivity index (χ1v) is 10.2. The monoisotopic (exact) mass is 476 g/mol. The molecule has 0 bridgehead atoms. The molecule has 0 saturated carbocycles. The number of benzene rings is 3. The molecule has 0 spiro atoms. The summed E-state index contributed by atoms with van der Waals surface area (Å²) in [6.45, 7) is -0.128. The Balaban J connectivity index is 1.62. The summed E-state index contributed by atoms with van der Waals surface area (Å²) in [5, 5.41) is 21.9. The summed E-state index contributed by atoms with van der Waals surface area (Å²) in [5.41, 5.74) is 1.77. The van der Waals surface area contributed by atoms with Crippen LogP contribution in [-0.2, 0) is 11.3 Å². The van der Waals surface area contributed by atoms with E-state index in [9.17, 15) is 14.7 Å². The van der Waals surface area contributed by atoms with Crippen LogP contribution in [0.1, 0.15) is 10.4 Å². The van der Waals surface area contributed by atoms with Crippen molar-refractivity contribution in [2.75, 3.05) is 5.32 Å². The minimum Gasteiger partial charge on any atom is -0.493 e. The Labute approximate surface area is 186 Å². The summed E-state index contributed by atoms with van der Waals surface area (Å²) < 4.78 is 2.28. The number of fused-ring (bicyclic) bond motifs is 1. The molecule has 1 heterocycles. The third-order valence-corrected chi connectivity index (χ3v) is 5.14. The lowest BCUT2D eigenvalue weighted by atomic mass is 10.2. The molecule has 0 atom stereocenters. The van der Waals surface area contributed by atoms with E-state index in [0.717, 1.165) is 4.47 Å². The van der Waals surface area contributed by atoms with Crippen LogP contribution in [0, 0.1) is 0 Å². The third-order valence-electron chi connectivity index (χ3n) is 4.61. The molecular weight excluding hydrogens is 460 g/mol. The van der Waals surface area contributed by atoms with Gasteiger partial charge in [0, 0.05) is 21.1 Å². The average Bonchev–Trinajstić information content (AvgIpc) is 3.04. The first kappa shape index (κ1) is 20.5. The van der Waals surface area contributed by atoms with E-state index < -0.39 is 5.91 Å². The maximum Gasteiger partial charge on any atom is 0.295 e. The molecule has 154 valence electrons. The van der Waals surface area contributed by atoms with E-state index in [-0.39, 0.29) is 24.0 Å². The molecule has 2 N–H and O–H groups in total. The number of rotatable bonds is 5.